The molecular weight excluding hydrogens is 272 g/mol. The minimum absolute atomic E-state index is 0.179. The molecule has 1 rings (SSSR count). The summed E-state index contributed by atoms with van der Waals surface area (Å²) in [6.45, 7) is 1.91. The number of nitrogens with one attached hydrogen (secondary N) is 1. The summed E-state index contributed by atoms with van der Waals surface area (Å²) < 4.78 is 15.6. The summed E-state index contributed by atoms with van der Waals surface area (Å²) in [5.74, 6) is 0.975. The predicted molar refractivity (Wildman–Crippen MR) is 77.9 cm³/mol. The second-order valence-electron chi connectivity index (χ2n) is 4.35. The van der Waals surface area contributed by atoms with Crippen LogP contribution in [0, 0.1) is 11.3 Å². The molecular formula is C15H20N2O4. The average Bonchev–Trinajstić information content (AvgIpc) is 2.52. The SMILES string of the molecule is CCC(CC#N)NC(=O)c1cc(OC)c(OC)c(OC)c1. The van der Waals surface area contributed by atoms with Crippen molar-refractivity contribution in [3.63, 3.8) is 0 Å². The van der Waals surface area contributed by atoms with E-state index in [-0.39, 0.29) is 18.4 Å². The molecule has 0 heterocycles. The van der Waals surface area contributed by atoms with Gasteiger partial charge in [-0.2, -0.15) is 5.26 Å². The van der Waals surface area contributed by atoms with Crippen molar-refractivity contribution < 1.29 is 19.0 Å². The van der Waals surface area contributed by atoms with E-state index in [1.54, 1.807) is 12.1 Å². The van der Waals surface area contributed by atoms with Gasteiger partial charge in [-0.25, -0.2) is 0 Å². The number of methoxy groups -OCH3 is 3. The third-order valence-electron chi connectivity index (χ3n) is 3.09. The highest BCUT2D eigenvalue weighted by molar-refractivity contribution is 5.95. The average molecular weight is 292 g/mol. The van der Waals surface area contributed by atoms with Gasteiger partial charge in [0, 0.05) is 11.6 Å². The molecule has 0 aliphatic carbocycles. The van der Waals surface area contributed by atoms with Gasteiger partial charge in [0.05, 0.1) is 33.8 Å². The Kier molecular flexibility index (Phi) is 6.34. The Labute approximate surface area is 124 Å². The minimum Gasteiger partial charge on any atom is -0.493 e. The molecule has 6 nitrogen and oxygen atoms in total. The fourth-order valence-electron chi connectivity index (χ4n) is 1.89. The van der Waals surface area contributed by atoms with Crippen molar-refractivity contribution in [2.75, 3.05) is 21.3 Å². The number of rotatable bonds is 7. The Morgan fingerprint density at radius 2 is 1.81 bits per heavy atom. The zero-order chi connectivity index (χ0) is 15.8. The predicted octanol–water partition coefficient (Wildman–Crippen LogP) is 2.13. The molecule has 0 radical (unpaired) electrons. The first-order chi connectivity index (χ1) is 10.1. The molecule has 1 amide bonds. The summed E-state index contributed by atoms with van der Waals surface area (Å²) in [5, 5.41) is 11.5. The molecule has 114 valence electrons. The molecule has 0 aliphatic heterocycles. The lowest BCUT2D eigenvalue weighted by molar-refractivity contribution is 0.0936. The zero-order valence-electron chi connectivity index (χ0n) is 12.7. The standard InChI is InChI=1S/C15H20N2O4/c1-5-11(6-7-16)17-15(18)10-8-12(19-2)14(21-4)13(9-10)20-3/h8-9,11H,5-6H2,1-4H3,(H,17,18). The summed E-state index contributed by atoms with van der Waals surface area (Å²) in [6.07, 6.45) is 0.955. The first-order valence-corrected chi connectivity index (χ1v) is 6.59. The van der Waals surface area contributed by atoms with Crippen molar-refractivity contribution in [2.45, 2.75) is 25.8 Å². The van der Waals surface area contributed by atoms with Crippen LogP contribution in [0.25, 0.3) is 0 Å². The highest BCUT2D eigenvalue weighted by Crippen LogP contribution is 2.38. The molecule has 0 aromatic heterocycles. The second-order valence-corrected chi connectivity index (χ2v) is 4.35. The molecule has 1 unspecified atom stereocenters. The van der Waals surface area contributed by atoms with E-state index in [0.717, 1.165) is 0 Å². The van der Waals surface area contributed by atoms with E-state index in [1.807, 2.05) is 6.92 Å². The maximum absolute atomic E-state index is 12.3. The summed E-state index contributed by atoms with van der Waals surface area (Å²) in [7, 11) is 4.48. The Bertz CT molecular complexity index is 512. The zero-order valence-corrected chi connectivity index (χ0v) is 12.7. The van der Waals surface area contributed by atoms with Crippen LogP contribution in [0.2, 0.25) is 0 Å². The largest absolute Gasteiger partial charge is 0.493 e. The molecule has 21 heavy (non-hydrogen) atoms. The molecule has 0 saturated heterocycles. The number of carbonyl (C=O) groups excluding carboxylic acids is 1. The molecule has 1 N–H and O–H groups in total. The monoisotopic (exact) mass is 292 g/mol. The number of carbonyl (C=O) groups is 1. The van der Waals surface area contributed by atoms with Crippen LogP contribution in [0.3, 0.4) is 0 Å². The van der Waals surface area contributed by atoms with Crippen LogP contribution < -0.4 is 19.5 Å². The van der Waals surface area contributed by atoms with Crippen LogP contribution in [0.5, 0.6) is 17.2 Å². The van der Waals surface area contributed by atoms with Gasteiger partial charge in [0.1, 0.15) is 0 Å². The fraction of sp³-hybridized carbons (Fsp3) is 0.467. The lowest BCUT2D eigenvalue weighted by Crippen LogP contribution is -2.34. The van der Waals surface area contributed by atoms with Crippen LogP contribution >= 0.6 is 0 Å². The Morgan fingerprint density at radius 1 is 1.24 bits per heavy atom. The smallest absolute Gasteiger partial charge is 0.251 e. The molecule has 0 bridgehead atoms. The van der Waals surface area contributed by atoms with Gasteiger partial charge >= 0.3 is 0 Å². The van der Waals surface area contributed by atoms with Crippen molar-refractivity contribution in [2.24, 2.45) is 0 Å². The van der Waals surface area contributed by atoms with Crippen molar-refractivity contribution in [3.8, 4) is 23.3 Å². The van der Waals surface area contributed by atoms with Crippen molar-refractivity contribution >= 4 is 5.91 Å². The Balaban J connectivity index is 3.07. The van der Waals surface area contributed by atoms with Crippen molar-refractivity contribution in [1.29, 1.82) is 5.26 Å². The van der Waals surface area contributed by atoms with Gasteiger partial charge in [-0.3, -0.25) is 4.79 Å². The maximum Gasteiger partial charge on any atom is 0.251 e. The molecule has 0 fully saturated rings. The molecule has 0 saturated carbocycles. The number of nitriles is 1. The molecule has 1 aromatic rings. The summed E-state index contributed by atoms with van der Waals surface area (Å²) in [6, 6.07) is 5.03. The quantitative estimate of drug-likeness (QED) is 0.832. The van der Waals surface area contributed by atoms with Gasteiger partial charge < -0.3 is 19.5 Å². The fourth-order valence-corrected chi connectivity index (χ4v) is 1.89. The van der Waals surface area contributed by atoms with Crippen LogP contribution in [-0.2, 0) is 0 Å². The van der Waals surface area contributed by atoms with E-state index in [0.29, 0.717) is 29.2 Å². The number of ether oxygens (including phenoxy) is 3. The first-order valence-electron chi connectivity index (χ1n) is 6.59. The first kappa shape index (κ1) is 16.6. The van der Waals surface area contributed by atoms with E-state index in [1.165, 1.54) is 21.3 Å². The second kappa shape index (κ2) is 8.00. The Hall–Kier alpha value is -2.42. The van der Waals surface area contributed by atoms with Gasteiger partial charge in [0.15, 0.2) is 11.5 Å². The van der Waals surface area contributed by atoms with E-state index < -0.39 is 0 Å². The van der Waals surface area contributed by atoms with E-state index in [4.69, 9.17) is 19.5 Å². The summed E-state index contributed by atoms with van der Waals surface area (Å²) >= 11 is 0. The van der Waals surface area contributed by atoms with E-state index in [2.05, 4.69) is 11.4 Å². The topological polar surface area (TPSA) is 80.6 Å². The van der Waals surface area contributed by atoms with Crippen LogP contribution in [0.1, 0.15) is 30.1 Å². The summed E-state index contributed by atoms with van der Waals surface area (Å²) in [5.41, 5.74) is 0.390. The normalized spacial score (nSPS) is 11.2. The third kappa shape index (κ3) is 4.02. The van der Waals surface area contributed by atoms with Crippen LogP contribution in [0.15, 0.2) is 12.1 Å². The maximum atomic E-state index is 12.3. The number of amides is 1. The van der Waals surface area contributed by atoms with Crippen LogP contribution in [-0.4, -0.2) is 33.3 Å². The number of hydrogen-bond donors (Lipinski definition) is 1. The van der Waals surface area contributed by atoms with Gasteiger partial charge in [0.25, 0.3) is 5.91 Å². The van der Waals surface area contributed by atoms with Gasteiger partial charge in [-0.1, -0.05) is 6.92 Å². The number of benzene rings is 1. The number of hydrogen-bond acceptors (Lipinski definition) is 5. The minimum atomic E-state index is -0.281. The van der Waals surface area contributed by atoms with E-state index >= 15 is 0 Å². The van der Waals surface area contributed by atoms with Crippen LogP contribution in [0.4, 0.5) is 0 Å². The molecule has 1 atom stereocenters. The lowest BCUT2D eigenvalue weighted by Gasteiger charge is -2.16. The third-order valence-corrected chi connectivity index (χ3v) is 3.09. The molecule has 0 aliphatic rings. The molecule has 1 aromatic carbocycles. The Morgan fingerprint density at radius 3 is 2.19 bits per heavy atom. The van der Waals surface area contributed by atoms with Gasteiger partial charge in [-0.15, -0.1) is 0 Å². The van der Waals surface area contributed by atoms with Crippen molar-refractivity contribution in [1.82, 2.24) is 5.32 Å². The van der Waals surface area contributed by atoms with Gasteiger partial charge in [-0.05, 0) is 18.6 Å². The highest BCUT2D eigenvalue weighted by Gasteiger charge is 2.18. The van der Waals surface area contributed by atoms with E-state index in [9.17, 15) is 4.79 Å². The molecule has 0 spiro atoms. The van der Waals surface area contributed by atoms with Crippen molar-refractivity contribution in [3.05, 3.63) is 17.7 Å². The van der Waals surface area contributed by atoms with Gasteiger partial charge in [0.2, 0.25) is 5.75 Å². The molecule has 6 heteroatoms. The number of nitrogens with zero attached hydrogens (tertiary/aromatic N) is 1. The lowest BCUT2D eigenvalue weighted by atomic mass is 10.1. The highest BCUT2D eigenvalue weighted by atomic mass is 16.5. The summed E-state index contributed by atoms with van der Waals surface area (Å²) in [4.78, 5) is 12.3.